The molecule has 7 heteroatoms. The van der Waals surface area contributed by atoms with Crippen molar-refractivity contribution in [3.63, 3.8) is 0 Å². The summed E-state index contributed by atoms with van der Waals surface area (Å²) >= 11 is 0. The van der Waals surface area contributed by atoms with Crippen molar-refractivity contribution >= 4 is 26.7 Å². The smallest absolute Gasteiger partial charge is 0.277 e. The minimum atomic E-state index is -3.51. The van der Waals surface area contributed by atoms with E-state index in [4.69, 9.17) is 0 Å². The first-order valence-electron chi connectivity index (χ1n) is 11.0. The van der Waals surface area contributed by atoms with Gasteiger partial charge in [0.2, 0.25) is 10.0 Å². The Morgan fingerprint density at radius 1 is 1.03 bits per heavy atom. The van der Waals surface area contributed by atoms with Gasteiger partial charge in [0, 0.05) is 13.1 Å². The number of amides is 1. The zero-order valence-electron chi connectivity index (χ0n) is 17.7. The SMILES string of the molecule is CN(C(=O)C[NH+]1CCN(S(=O)(=O)c2ccc3ccccc3c2)CC1)C1CCCCC1. The molecule has 0 unspecified atom stereocenters. The molecule has 30 heavy (non-hydrogen) atoms. The molecule has 0 aromatic heterocycles. The van der Waals surface area contributed by atoms with Gasteiger partial charge >= 0.3 is 0 Å². The second-order valence-electron chi connectivity index (χ2n) is 8.64. The highest BCUT2D eigenvalue weighted by atomic mass is 32.2. The van der Waals surface area contributed by atoms with Crippen LogP contribution in [0.25, 0.3) is 10.8 Å². The molecule has 1 heterocycles. The van der Waals surface area contributed by atoms with Gasteiger partial charge in [-0.3, -0.25) is 4.79 Å². The highest BCUT2D eigenvalue weighted by molar-refractivity contribution is 7.89. The second kappa shape index (κ2) is 9.04. The molecule has 0 radical (unpaired) electrons. The Bertz CT molecular complexity index is 994. The molecule has 1 N–H and O–H groups in total. The summed E-state index contributed by atoms with van der Waals surface area (Å²) in [6, 6.07) is 13.5. The van der Waals surface area contributed by atoms with Crippen LogP contribution in [0.3, 0.4) is 0 Å². The minimum absolute atomic E-state index is 0.183. The molecule has 162 valence electrons. The Labute approximate surface area is 179 Å². The van der Waals surface area contributed by atoms with Crippen molar-refractivity contribution in [3.05, 3.63) is 42.5 Å². The predicted molar refractivity (Wildman–Crippen MR) is 118 cm³/mol. The van der Waals surface area contributed by atoms with Gasteiger partial charge in [-0.1, -0.05) is 49.6 Å². The maximum Gasteiger partial charge on any atom is 0.277 e. The third-order valence-electron chi connectivity index (χ3n) is 6.71. The van der Waals surface area contributed by atoms with E-state index in [9.17, 15) is 13.2 Å². The predicted octanol–water partition coefficient (Wildman–Crippen LogP) is 1.52. The topological polar surface area (TPSA) is 62.1 Å². The Morgan fingerprint density at radius 3 is 2.40 bits per heavy atom. The number of piperazine rings is 1. The third-order valence-corrected chi connectivity index (χ3v) is 8.60. The van der Waals surface area contributed by atoms with E-state index in [2.05, 4.69) is 0 Å². The third kappa shape index (κ3) is 4.53. The molecule has 1 amide bonds. The zero-order chi connectivity index (χ0) is 21.1. The van der Waals surface area contributed by atoms with E-state index in [0.717, 1.165) is 23.6 Å². The van der Waals surface area contributed by atoms with Crippen molar-refractivity contribution in [3.8, 4) is 0 Å². The largest absolute Gasteiger partial charge is 0.338 e. The van der Waals surface area contributed by atoms with Crippen LogP contribution in [-0.4, -0.2) is 69.3 Å². The van der Waals surface area contributed by atoms with E-state index >= 15 is 0 Å². The molecular formula is C23H32N3O3S+. The van der Waals surface area contributed by atoms with E-state index in [0.29, 0.717) is 43.7 Å². The monoisotopic (exact) mass is 430 g/mol. The Kier molecular flexibility index (Phi) is 6.41. The molecule has 2 aliphatic rings. The lowest BCUT2D eigenvalue weighted by Gasteiger charge is -2.34. The summed E-state index contributed by atoms with van der Waals surface area (Å²) in [6.07, 6.45) is 5.91. The molecule has 0 atom stereocenters. The lowest BCUT2D eigenvalue weighted by atomic mass is 9.94. The van der Waals surface area contributed by atoms with Crippen LogP contribution in [0, 0.1) is 0 Å². The molecule has 6 nitrogen and oxygen atoms in total. The van der Waals surface area contributed by atoms with Crippen LogP contribution in [0.2, 0.25) is 0 Å². The molecule has 1 saturated heterocycles. The van der Waals surface area contributed by atoms with Crippen LogP contribution in [0.4, 0.5) is 0 Å². The number of nitrogens with one attached hydrogen (secondary N) is 1. The van der Waals surface area contributed by atoms with Gasteiger partial charge < -0.3 is 9.80 Å². The number of hydrogen-bond donors (Lipinski definition) is 1. The number of benzene rings is 2. The number of nitrogens with zero attached hydrogens (tertiary/aromatic N) is 2. The van der Waals surface area contributed by atoms with Gasteiger partial charge in [-0.15, -0.1) is 0 Å². The minimum Gasteiger partial charge on any atom is -0.338 e. The fraction of sp³-hybridized carbons (Fsp3) is 0.522. The van der Waals surface area contributed by atoms with E-state index in [1.54, 1.807) is 16.4 Å². The van der Waals surface area contributed by atoms with Gasteiger partial charge in [-0.05, 0) is 35.7 Å². The van der Waals surface area contributed by atoms with Crippen molar-refractivity contribution in [1.82, 2.24) is 9.21 Å². The number of likely N-dealkylation sites (N-methyl/N-ethyl adjacent to an activating group) is 1. The maximum absolute atomic E-state index is 13.1. The molecule has 2 fully saturated rings. The highest BCUT2D eigenvalue weighted by Crippen LogP contribution is 2.23. The van der Waals surface area contributed by atoms with Crippen molar-refractivity contribution in [1.29, 1.82) is 0 Å². The molecule has 1 aliphatic carbocycles. The molecule has 2 aromatic carbocycles. The molecular weight excluding hydrogens is 398 g/mol. The van der Waals surface area contributed by atoms with Gasteiger partial charge in [0.25, 0.3) is 5.91 Å². The molecule has 1 aliphatic heterocycles. The summed E-state index contributed by atoms with van der Waals surface area (Å²) < 4.78 is 27.8. The van der Waals surface area contributed by atoms with E-state index in [1.165, 1.54) is 24.2 Å². The normalized spacial score (nSPS) is 19.8. The number of sulfonamides is 1. The number of carbonyl (C=O) groups is 1. The average molecular weight is 431 g/mol. The number of hydrogen-bond acceptors (Lipinski definition) is 3. The summed E-state index contributed by atoms with van der Waals surface area (Å²) in [4.78, 5) is 16.2. The van der Waals surface area contributed by atoms with Gasteiger partial charge in [0.1, 0.15) is 0 Å². The van der Waals surface area contributed by atoms with Crippen LogP contribution in [-0.2, 0) is 14.8 Å². The van der Waals surface area contributed by atoms with Crippen molar-refractivity contribution in [2.24, 2.45) is 0 Å². The lowest BCUT2D eigenvalue weighted by Crippen LogP contribution is -3.15. The quantitative estimate of drug-likeness (QED) is 0.782. The average Bonchev–Trinajstić information content (AvgIpc) is 2.79. The number of rotatable bonds is 5. The lowest BCUT2D eigenvalue weighted by molar-refractivity contribution is -0.896. The Morgan fingerprint density at radius 2 is 1.70 bits per heavy atom. The Balaban J connectivity index is 1.35. The standard InChI is InChI=1S/C23H31N3O3S/c1-24(21-9-3-2-4-10-21)23(27)18-25-13-15-26(16-14-25)30(28,29)22-12-11-19-7-5-6-8-20(19)17-22/h5-8,11-12,17,21H,2-4,9-10,13-16,18H2,1H3/p+1. The number of carbonyl (C=O) groups excluding carboxylic acids is 1. The fourth-order valence-electron chi connectivity index (χ4n) is 4.71. The van der Waals surface area contributed by atoms with Crippen molar-refractivity contribution < 1.29 is 18.1 Å². The first-order valence-corrected chi connectivity index (χ1v) is 12.5. The summed E-state index contributed by atoms with van der Waals surface area (Å²) in [6.45, 7) is 2.68. The highest BCUT2D eigenvalue weighted by Gasteiger charge is 2.32. The van der Waals surface area contributed by atoms with Crippen molar-refractivity contribution in [2.45, 2.75) is 43.0 Å². The molecule has 0 spiro atoms. The van der Waals surface area contributed by atoms with Crippen molar-refractivity contribution in [2.75, 3.05) is 39.8 Å². The summed E-state index contributed by atoms with van der Waals surface area (Å²) in [5.74, 6) is 0.183. The summed E-state index contributed by atoms with van der Waals surface area (Å²) in [5.41, 5.74) is 0. The Hall–Kier alpha value is -1.96. The van der Waals surface area contributed by atoms with E-state index in [-0.39, 0.29) is 5.91 Å². The van der Waals surface area contributed by atoms with E-state index in [1.807, 2.05) is 42.3 Å². The molecule has 4 rings (SSSR count). The molecule has 2 aromatic rings. The van der Waals surface area contributed by atoms with Crippen LogP contribution >= 0.6 is 0 Å². The second-order valence-corrected chi connectivity index (χ2v) is 10.6. The molecule has 1 saturated carbocycles. The van der Waals surface area contributed by atoms with E-state index < -0.39 is 10.0 Å². The number of quaternary nitrogens is 1. The van der Waals surface area contributed by atoms with Crippen LogP contribution in [0.15, 0.2) is 47.4 Å². The van der Waals surface area contributed by atoms with Crippen LogP contribution in [0.1, 0.15) is 32.1 Å². The summed E-state index contributed by atoms with van der Waals surface area (Å²) in [7, 11) is -1.59. The first-order chi connectivity index (χ1) is 14.4. The van der Waals surface area contributed by atoms with Gasteiger partial charge in [-0.2, -0.15) is 4.31 Å². The van der Waals surface area contributed by atoms with Gasteiger partial charge in [-0.25, -0.2) is 8.42 Å². The first kappa shape index (κ1) is 21.3. The van der Waals surface area contributed by atoms with Gasteiger partial charge in [0.15, 0.2) is 6.54 Å². The van der Waals surface area contributed by atoms with Crippen LogP contribution in [0.5, 0.6) is 0 Å². The zero-order valence-corrected chi connectivity index (χ0v) is 18.5. The fourth-order valence-corrected chi connectivity index (χ4v) is 6.18. The molecule has 0 bridgehead atoms. The van der Waals surface area contributed by atoms with Crippen LogP contribution < -0.4 is 4.90 Å². The van der Waals surface area contributed by atoms with Gasteiger partial charge in [0.05, 0.1) is 31.1 Å². The summed E-state index contributed by atoms with van der Waals surface area (Å²) in [5, 5.41) is 1.96. The maximum atomic E-state index is 13.1. The number of fused-ring (bicyclic) bond motifs is 1.